The first-order valence-electron chi connectivity index (χ1n) is 5.78. The third-order valence-electron chi connectivity index (χ3n) is 2.71. The van der Waals surface area contributed by atoms with Gasteiger partial charge in [-0.3, -0.25) is 0 Å². The van der Waals surface area contributed by atoms with Gasteiger partial charge in [0.2, 0.25) is 0 Å². The number of nitrogens with one attached hydrogen (secondary N) is 1. The molecule has 1 aromatic carbocycles. The molecule has 1 saturated carbocycles. The van der Waals surface area contributed by atoms with Crippen molar-refractivity contribution in [3.8, 4) is 11.4 Å². The molecule has 4 nitrogen and oxygen atoms in total. The highest BCUT2D eigenvalue weighted by atomic mass is 15.1. The van der Waals surface area contributed by atoms with Gasteiger partial charge >= 0.3 is 0 Å². The minimum absolute atomic E-state index is 0.502. The Morgan fingerprint density at radius 1 is 1.12 bits per heavy atom. The molecule has 1 heterocycles. The molecular weight excluding hydrogens is 212 g/mol. The highest BCUT2D eigenvalue weighted by molar-refractivity contribution is 5.60. The summed E-state index contributed by atoms with van der Waals surface area (Å²) in [6.07, 6.45) is 2.43. The Labute approximate surface area is 99.9 Å². The van der Waals surface area contributed by atoms with Gasteiger partial charge in [-0.25, -0.2) is 9.97 Å². The molecule has 3 rings (SSSR count). The quantitative estimate of drug-likeness (QED) is 0.842. The number of nitrogens with two attached hydrogens (primary N) is 1. The zero-order valence-corrected chi connectivity index (χ0v) is 9.43. The van der Waals surface area contributed by atoms with Gasteiger partial charge in [-0.2, -0.15) is 0 Å². The van der Waals surface area contributed by atoms with Gasteiger partial charge in [-0.1, -0.05) is 30.3 Å². The Bertz CT molecular complexity index is 520. The van der Waals surface area contributed by atoms with Crippen molar-refractivity contribution in [3.63, 3.8) is 0 Å². The molecule has 0 spiro atoms. The van der Waals surface area contributed by atoms with E-state index >= 15 is 0 Å². The molecule has 0 amide bonds. The molecule has 1 aromatic heterocycles. The van der Waals surface area contributed by atoms with Crippen molar-refractivity contribution in [2.24, 2.45) is 0 Å². The predicted octanol–water partition coefficient (Wildman–Crippen LogP) is 2.30. The Morgan fingerprint density at radius 3 is 2.59 bits per heavy atom. The number of rotatable bonds is 3. The maximum absolute atomic E-state index is 5.80. The summed E-state index contributed by atoms with van der Waals surface area (Å²) in [5, 5.41) is 3.34. The van der Waals surface area contributed by atoms with Crippen LogP contribution in [-0.4, -0.2) is 16.0 Å². The number of hydrogen-bond acceptors (Lipinski definition) is 4. The second-order valence-electron chi connectivity index (χ2n) is 4.29. The lowest BCUT2D eigenvalue weighted by Crippen LogP contribution is -2.06. The molecule has 86 valence electrons. The molecule has 4 heteroatoms. The minimum Gasteiger partial charge on any atom is -0.384 e. The average Bonchev–Trinajstić information content (AvgIpc) is 3.13. The van der Waals surface area contributed by atoms with Gasteiger partial charge in [0.1, 0.15) is 11.6 Å². The van der Waals surface area contributed by atoms with Crippen LogP contribution >= 0.6 is 0 Å². The van der Waals surface area contributed by atoms with Crippen molar-refractivity contribution in [1.29, 1.82) is 0 Å². The summed E-state index contributed by atoms with van der Waals surface area (Å²) < 4.78 is 0. The lowest BCUT2D eigenvalue weighted by Gasteiger charge is -2.07. The van der Waals surface area contributed by atoms with Crippen LogP contribution in [0.25, 0.3) is 11.4 Å². The Hall–Kier alpha value is -2.10. The fourth-order valence-electron chi connectivity index (χ4n) is 1.69. The molecule has 0 unspecified atom stereocenters. The average molecular weight is 226 g/mol. The van der Waals surface area contributed by atoms with E-state index in [1.807, 2.05) is 30.3 Å². The summed E-state index contributed by atoms with van der Waals surface area (Å²) in [5.41, 5.74) is 6.79. The molecule has 0 aliphatic heterocycles. The topological polar surface area (TPSA) is 63.8 Å². The number of benzene rings is 1. The maximum atomic E-state index is 5.80. The molecule has 17 heavy (non-hydrogen) atoms. The molecule has 0 radical (unpaired) electrons. The summed E-state index contributed by atoms with van der Waals surface area (Å²) in [4.78, 5) is 8.74. The van der Waals surface area contributed by atoms with Gasteiger partial charge in [0.15, 0.2) is 5.82 Å². The highest BCUT2D eigenvalue weighted by Crippen LogP contribution is 2.25. The maximum Gasteiger partial charge on any atom is 0.163 e. The van der Waals surface area contributed by atoms with E-state index in [0.29, 0.717) is 17.7 Å². The van der Waals surface area contributed by atoms with Gasteiger partial charge < -0.3 is 11.1 Å². The van der Waals surface area contributed by atoms with E-state index in [4.69, 9.17) is 5.73 Å². The van der Waals surface area contributed by atoms with Crippen LogP contribution in [0.4, 0.5) is 11.6 Å². The fourth-order valence-corrected chi connectivity index (χ4v) is 1.69. The third-order valence-corrected chi connectivity index (χ3v) is 2.71. The largest absolute Gasteiger partial charge is 0.384 e. The van der Waals surface area contributed by atoms with Crippen molar-refractivity contribution < 1.29 is 0 Å². The normalized spacial score (nSPS) is 14.6. The van der Waals surface area contributed by atoms with Gasteiger partial charge in [-0.15, -0.1) is 0 Å². The van der Waals surface area contributed by atoms with Crippen molar-refractivity contribution in [2.75, 3.05) is 11.1 Å². The Balaban J connectivity index is 1.95. The number of nitrogens with zero attached hydrogens (tertiary/aromatic N) is 2. The highest BCUT2D eigenvalue weighted by Gasteiger charge is 2.21. The molecule has 0 atom stereocenters. The van der Waals surface area contributed by atoms with Crippen LogP contribution in [-0.2, 0) is 0 Å². The smallest absolute Gasteiger partial charge is 0.163 e. The molecule has 1 aliphatic rings. The molecule has 0 saturated heterocycles. The van der Waals surface area contributed by atoms with Crippen LogP contribution in [0.1, 0.15) is 12.8 Å². The summed E-state index contributed by atoms with van der Waals surface area (Å²) >= 11 is 0. The lowest BCUT2D eigenvalue weighted by molar-refractivity contribution is 1.09. The molecule has 2 aromatic rings. The van der Waals surface area contributed by atoms with E-state index in [1.54, 1.807) is 6.07 Å². The van der Waals surface area contributed by atoms with Crippen molar-refractivity contribution in [1.82, 2.24) is 9.97 Å². The first kappa shape index (κ1) is 10.1. The van der Waals surface area contributed by atoms with Crippen LogP contribution in [0, 0.1) is 0 Å². The van der Waals surface area contributed by atoms with E-state index in [2.05, 4.69) is 15.3 Å². The van der Waals surface area contributed by atoms with Crippen LogP contribution in [0.5, 0.6) is 0 Å². The first-order valence-corrected chi connectivity index (χ1v) is 5.78. The van der Waals surface area contributed by atoms with Crippen molar-refractivity contribution >= 4 is 11.6 Å². The van der Waals surface area contributed by atoms with E-state index in [9.17, 15) is 0 Å². The summed E-state index contributed by atoms with van der Waals surface area (Å²) in [6.45, 7) is 0. The Morgan fingerprint density at radius 2 is 1.88 bits per heavy atom. The zero-order chi connectivity index (χ0) is 11.7. The molecule has 0 bridgehead atoms. The van der Waals surface area contributed by atoms with Crippen LogP contribution in [0.3, 0.4) is 0 Å². The van der Waals surface area contributed by atoms with Crippen LogP contribution in [0.15, 0.2) is 36.4 Å². The fraction of sp³-hybridized carbons (Fsp3) is 0.231. The van der Waals surface area contributed by atoms with Crippen molar-refractivity contribution in [2.45, 2.75) is 18.9 Å². The number of anilines is 2. The summed E-state index contributed by atoms with van der Waals surface area (Å²) in [5.74, 6) is 2.00. The SMILES string of the molecule is Nc1cc(NC2CC2)nc(-c2ccccc2)n1. The van der Waals surface area contributed by atoms with Gasteiger partial charge in [0.25, 0.3) is 0 Å². The van der Waals surface area contributed by atoms with E-state index in [-0.39, 0.29) is 0 Å². The second-order valence-corrected chi connectivity index (χ2v) is 4.29. The van der Waals surface area contributed by atoms with Crippen LogP contribution in [0.2, 0.25) is 0 Å². The predicted molar refractivity (Wildman–Crippen MR) is 68.5 cm³/mol. The lowest BCUT2D eigenvalue weighted by atomic mass is 10.2. The standard InChI is InChI=1S/C13H14N4/c14-11-8-12(15-10-6-7-10)17-13(16-11)9-4-2-1-3-5-9/h1-5,8,10H,6-7H2,(H3,14,15,16,17). The molecular formula is C13H14N4. The monoisotopic (exact) mass is 226 g/mol. The number of aromatic nitrogens is 2. The number of nitrogen functional groups attached to an aromatic ring is 1. The number of hydrogen-bond donors (Lipinski definition) is 2. The van der Waals surface area contributed by atoms with Gasteiger partial charge in [0, 0.05) is 17.7 Å². The van der Waals surface area contributed by atoms with E-state index in [1.165, 1.54) is 12.8 Å². The van der Waals surface area contributed by atoms with E-state index < -0.39 is 0 Å². The summed E-state index contributed by atoms with van der Waals surface area (Å²) in [7, 11) is 0. The van der Waals surface area contributed by atoms with Crippen LogP contribution < -0.4 is 11.1 Å². The molecule has 1 fully saturated rings. The molecule has 1 aliphatic carbocycles. The zero-order valence-electron chi connectivity index (χ0n) is 9.43. The first-order chi connectivity index (χ1) is 8.31. The minimum atomic E-state index is 0.502. The van der Waals surface area contributed by atoms with Gasteiger partial charge in [-0.05, 0) is 12.8 Å². The second kappa shape index (κ2) is 4.05. The van der Waals surface area contributed by atoms with Gasteiger partial charge in [0.05, 0.1) is 0 Å². The summed E-state index contributed by atoms with van der Waals surface area (Å²) in [6, 6.07) is 12.2. The molecule has 3 N–H and O–H groups in total. The Kier molecular flexibility index (Phi) is 2.40. The third kappa shape index (κ3) is 2.36. The van der Waals surface area contributed by atoms with E-state index in [0.717, 1.165) is 11.4 Å². The van der Waals surface area contributed by atoms with Crippen molar-refractivity contribution in [3.05, 3.63) is 36.4 Å².